The second-order valence-electron chi connectivity index (χ2n) is 9.38. The van der Waals surface area contributed by atoms with Crippen molar-refractivity contribution >= 4 is 28.2 Å². The first-order valence-electron chi connectivity index (χ1n) is 10.5. The van der Waals surface area contributed by atoms with Crippen molar-refractivity contribution in [2.45, 2.75) is 69.7 Å². The molecule has 27 heavy (non-hydrogen) atoms. The molecule has 6 rings (SSSR count). The van der Waals surface area contributed by atoms with Gasteiger partial charge in [-0.25, -0.2) is 0 Å². The molecule has 2 amide bonds. The maximum atomic E-state index is 12.7. The molecule has 5 aliphatic rings. The predicted octanol–water partition coefficient (Wildman–Crippen LogP) is 3.22. The maximum Gasteiger partial charge on any atom is 0.251 e. The summed E-state index contributed by atoms with van der Waals surface area (Å²) < 4.78 is 0. The van der Waals surface area contributed by atoms with E-state index in [1.165, 1.54) is 43.4 Å². The molecule has 6 heteroatoms. The number of carbonyl (C=O) groups is 2. The molecule has 146 valence electrons. The molecule has 4 bridgehead atoms. The molecule has 1 heterocycles. The monoisotopic (exact) mass is 387 g/mol. The Hall–Kier alpha value is -1.40. The van der Waals surface area contributed by atoms with Crippen molar-refractivity contribution in [1.82, 2.24) is 5.32 Å². The van der Waals surface area contributed by atoms with Gasteiger partial charge < -0.3 is 16.4 Å². The van der Waals surface area contributed by atoms with Gasteiger partial charge in [-0.05, 0) is 87.5 Å². The lowest BCUT2D eigenvalue weighted by Gasteiger charge is -2.57. The molecular weight excluding hydrogens is 358 g/mol. The molecule has 0 saturated heterocycles. The van der Waals surface area contributed by atoms with E-state index in [4.69, 9.17) is 5.73 Å². The highest BCUT2D eigenvalue weighted by Gasteiger charge is 2.50. The molecule has 0 atom stereocenters. The number of thiophene rings is 1. The van der Waals surface area contributed by atoms with Gasteiger partial charge in [-0.1, -0.05) is 0 Å². The van der Waals surface area contributed by atoms with Crippen LogP contribution in [0.2, 0.25) is 0 Å². The summed E-state index contributed by atoms with van der Waals surface area (Å²) in [5.41, 5.74) is 7.44. The number of anilines is 1. The number of primary amides is 1. The molecule has 0 aromatic carbocycles. The molecule has 4 saturated carbocycles. The van der Waals surface area contributed by atoms with E-state index in [1.54, 1.807) is 11.3 Å². The molecule has 1 aromatic rings. The van der Waals surface area contributed by atoms with E-state index in [0.717, 1.165) is 49.0 Å². The first-order chi connectivity index (χ1) is 13.0. The Bertz CT molecular complexity index is 749. The minimum atomic E-state index is -0.418. The normalized spacial score (nSPS) is 33.7. The minimum Gasteiger partial charge on any atom is -0.365 e. The molecular formula is C21H29N3O2S. The first kappa shape index (κ1) is 17.7. The fraction of sp³-hybridized carbons (Fsp3) is 0.714. The summed E-state index contributed by atoms with van der Waals surface area (Å²) in [7, 11) is 0. The second-order valence-corrected chi connectivity index (χ2v) is 10.5. The van der Waals surface area contributed by atoms with Gasteiger partial charge in [0.25, 0.3) is 5.91 Å². The van der Waals surface area contributed by atoms with Crippen LogP contribution in [0.25, 0.3) is 0 Å². The third kappa shape index (κ3) is 3.21. The van der Waals surface area contributed by atoms with E-state index in [9.17, 15) is 9.59 Å². The van der Waals surface area contributed by atoms with Crippen LogP contribution in [0, 0.1) is 17.8 Å². The van der Waals surface area contributed by atoms with E-state index in [2.05, 4.69) is 10.6 Å². The lowest BCUT2D eigenvalue weighted by atomic mass is 9.53. The summed E-state index contributed by atoms with van der Waals surface area (Å²) in [5, 5.41) is 7.29. The van der Waals surface area contributed by atoms with Crippen molar-refractivity contribution in [3.8, 4) is 0 Å². The Morgan fingerprint density at radius 3 is 2.30 bits per heavy atom. The van der Waals surface area contributed by atoms with Crippen molar-refractivity contribution in [2.24, 2.45) is 23.5 Å². The topological polar surface area (TPSA) is 84.2 Å². The van der Waals surface area contributed by atoms with Crippen LogP contribution in [-0.2, 0) is 17.6 Å². The third-order valence-electron chi connectivity index (χ3n) is 7.33. The van der Waals surface area contributed by atoms with Crippen molar-refractivity contribution in [3.63, 3.8) is 0 Å². The average Bonchev–Trinajstić information content (AvgIpc) is 2.97. The lowest BCUT2D eigenvalue weighted by Crippen LogP contribution is -2.59. The Balaban J connectivity index is 1.27. The van der Waals surface area contributed by atoms with E-state index in [-0.39, 0.29) is 11.4 Å². The zero-order valence-electron chi connectivity index (χ0n) is 15.8. The standard InChI is InChI=1S/C21H29N3O2S/c22-19(26)18-15-3-1-2-4-16(15)27-20(18)24-17(25)11-23-21-8-12-5-13(9-21)7-14(6-12)10-21/h12-14,23H,1-11H2,(H2,22,26)(H,24,25). The summed E-state index contributed by atoms with van der Waals surface area (Å²) in [4.78, 5) is 25.9. The Kier molecular flexibility index (Phi) is 4.32. The van der Waals surface area contributed by atoms with Crippen LogP contribution in [0.3, 0.4) is 0 Å². The van der Waals surface area contributed by atoms with Gasteiger partial charge >= 0.3 is 0 Å². The highest BCUT2D eigenvalue weighted by molar-refractivity contribution is 7.17. The van der Waals surface area contributed by atoms with E-state index >= 15 is 0 Å². The number of nitrogens with two attached hydrogens (primary N) is 1. The van der Waals surface area contributed by atoms with Crippen LogP contribution in [-0.4, -0.2) is 23.9 Å². The lowest BCUT2D eigenvalue weighted by molar-refractivity contribution is -0.116. The Labute approximate surface area is 164 Å². The van der Waals surface area contributed by atoms with Gasteiger partial charge in [-0.2, -0.15) is 0 Å². The van der Waals surface area contributed by atoms with Crippen molar-refractivity contribution in [1.29, 1.82) is 0 Å². The molecule has 5 aliphatic carbocycles. The van der Waals surface area contributed by atoms with E-state index in [1.807, 2.05) is 0 Å². The van der Waals surface area contributed by atoms with Crippen molar-refractivity contribution in [2.75, 3.05) is 11.9 Å². The number of fused-ring (bicyclic) bond motifs is 1. The number of hydrogen-bond donors (Lipinski definition) is 3. The molecule has 5 nitrogen and oxygen atoms in total. The number of nitrogens with one attached hydrogen (secondary N) is 2. The molecule has 0 unspecified atom stereocenters. The largest absolute Gasteiger partial charge is 0.365 e. The molecule has 0 radical (unpaired) electrons. The highest BCUT2D eigenvalue weighted by Crippen LogP contribution is 2.55. The summed E-state index contributed by atoms with van der Waals surface area (Å²) in [5.74, 6) is 2.11. The molecule has 1 aromatic heterocycles. The van der Waals surface area contributed by atoms with Crippen LogP contribution in [0.1, 0.15) is 72.2 Å². The van der Waals surface area contributed by atoms with Crippen LogP contribution in [0.15, 0.2) is 0 Å². The van der Waals surface area contributed by atoms with Gasteiger partial charge in [-0.15, -0.1) is 11.3 Å². The van der Waals surface area contributed by atoms with Crippen molar-refractivity contribution in [3.05, 3.63) is 16.0 Å². The van der Waals surface area contributed by atoms with Crippen LogP contribution in [0.5, 0.6) is 0 Å². The zero-order chi connectivity index (χ0) is 18.6. The Morgan fingerprint density at radius 2 is 1.67 bits per heavy atom. The number of amides is 2. The van der Waals surface area contributed by atoms with E-state index in [0.29, 0.717) is 17.1 Å². The van der Waals surface area contributed by atoms with Crippen LogP contribution < -0.4 is 16.4 Å². The van der Waals surface area contributed by atoms with Gasteiger partial charge in [0.05, 0.1) is 12.1 Å². The summed E-state index contributed by atoms with van der Waals surface area (Å²) in [6, 6.07) is 0. The predicted molar refractivity (Wildman–Crippen MR) is 107 cm³/mol. The SMILES string of the molecule is NC(=O)c1c(NC(=O)CNC23CC4CC(CC(C4)C2)C3)sc2c1CCCC2. The number of hydrogen-bond acceptors (Lipinski definition) is 4. The minimum absolute atomic E-state index is 0.0492. The highest BCUT2D eigenvalue weighted by atomic mass is 32.1. The zero-order valence-corrected chi connectivity index (χ0v) is 16.6. The fourth-order valence-electron chi connectivity index (χ4n) is 6.68. The first-order valence-corrected chi connectivity index (χ1v) is 11.3. The summed E-state index contributed by atoms with van der Waals surface area (Å²) >= 11 is 1.54. The third-order valence-corrected chi connectivity index (χ3v) is 8.54. The van der Waals surface area contributed by atoms with Crippen LogP contribution in [0.4, 0.5) is 5.00 Å². The second kappa shape index (κ2) is 6.59. The summed E-state index contributed by atoms with van der Waals surface area (Å²) in [6.45, 7) is 0.326. The number of aryl methyl sites for hydroxylation is 1. The number of rotatable bonds is 5. The van der Waals surface area contributed by atoms with Gasteiger partial charge in [0.2, 0.25) is 5.91 Å². The molecule has 4 fully saturated rings. The van der Waals surface area contributed by atoms with E-state index < -0.39 is 5.91 Å². The molecule has 0 aliphatic heterocycles. The maximum absolute atomic E-state index is 12.7. The van der Waals surface area contributed by atoms with Gasteiger partial charge in [0.1, 0.15) is 5.00 Å². The molecule has 0 spiro atoms. The molecule has 4 N–H and O–H groups in total. The quantitative estimate of drug-likeness (QED) is 0.725. The van der Waals surface area contributed by atoms with Crippen LogP contribution >= 0.6 is 11.3 Å². The Morgan fingerprint density at radius 1 is 1.04 bits per heavy atom. The van der Waals surface area contributed by atoms with Gasteiger partial charge in [0, 0.05) is 10.4 Å². The average molecular weight is 388 g/mol. The summed E-state index contributed by atoms with van der Waals surface area (Å²) in [6.07, 6.45) is 12.0. The number of carbonyl (C=O) groups excluding carboxylic acids is 2. The van der Waals surface area contributed by atoms with Gasteiger partial charge in [0.15, 0.2) is 0 Å². The fourth-order valence-corrected chi connectivity index (χ4v) is 7.99. The van der Waals surface area contributed by atoms with Crippen molar-refractivity contribution < 1.29 is 9.59 Å². The smallest absolute Gasteiger partial charge is 0.251 e. The van der Waals surface area contributed by atoms with Gasteiger partial charge in [-0.3, -0.25) is 9.59 Å².